The largest absolute Gasteiger partial charge is 0.348 e. The van der Waals surface area contributed by atoms with Gasteiger partial charge in [0.15, 0.2) is 11.0 Å². The van der Waals surface area contributed by atoms with E-state index >= 15 is 0 Å². The molecular weight excluding hydrogens is 501 g/mol. The third-order valence-electron chi connectivity index (χ3n) is 4.85. The summed E-state index contributed by atoms with van der Waals surface area (Å²) in [5.74, 6) is 0.0628. The Hall–Kier alpha value is -2.94. The van der Waals surface area contributed by atoms with E-state index in [0.29, 0.717) is 38.0 Å². The molecule has 0 aliphatic carbocycles. The molecule has 174 valence electrons. The number of amides is 1. The minimum atomic E-state index is -0.360. The molecule has 0 aliphatic heterocycles. The van der Waals surface area contributed by atoms with Gasteiger partial charge < -0.3 is 5.32 Å². The van der Waals surface area contributed by atoms with Gasteiger partial charge in [-0.1, -0.05) is 59.2 Å². The SMILES string of the molecule is O=C(Cc1ccc(F)cc1)NCc1nnc(SCc2ccc(F)cc2)n1-c1cc(Cl)ccc1Cl. The van der Waals surface area contributed by atoms with Crippen molar-refractivity contribution in [1.82, 2.24) is 20.1 Å². The van der Waals surface area contributed by atoms with Gasteiger partial charge in [-0.2, -0.15) is 0 Å². The first-order valence-corrected chi connectivity index (χ1v) is 11.9. The van der Waals surface area contributed by atoms with Gasteiger partial charge in [-0.05, 0) is 53.6 Å². The monoisotopic (exact) mass is 518 g/mol. The summed E-state index contributed by atoms with van der Waals surface area (Å²) in [5, 5.41) is 12.8. The number of hydrogen-bond acceptors (Lipinski definition) is 4. The van der Waals surface area contributed by atoms with Gasteiger partial charge in [-0.3, -0.25) is 9.36 Å². The highest BCUT2D eigenvalue weighted by atomic mass is 35.5. The Bertz CT molecular complexity index is 1300. The number of nitrogens with zero attached hydrogens (tertiary/aromatic N) is 3. The molecule has 10 heteroatoms. The molecule has 0 saturated carbocycles. The summed E-state index contributed by atoms with van der Waals surface area (Å²) in [6, 6.07) is 17.0. The molecule has 0 aliphatic rings. The molecule has 0 unspecified atom stereocenters. The number of halogens is 4. The average molecular weight is 519 g/mol. The first kappa shape index (κ1) is 24.2. The van der Waals surface area contributed by atoms with E-state index in [-0.39, 0.29) is 30.5 Å². The normalized spacial score (nSPS) is 10.9. The molecule has 0 saturated heterocycles. The topological polar surface area (TPSA) is 59.8 Å². The predicted octanol–water partition coefficient (Wildman–Crippen LogP) is 6.00. The highest BCUT2D eigenvalue weighted by Gasteiger charge is 2.18. The molecular formula is C24H18Cl2F2N4OS. The first-order chi connectivity index (χ1) is 16.4. The fraction of sp³-hybridized carbons (Fsp3) is 0.125. The summed E-state index contributed by atoms with van der Waals surface area (Å²) in [6.07, 6.45) is 0.0957. The van der Waals surface area contributed by atoms with Crippen molar-refractivity contribution >= 4 is 40.9 Å². The van der Waals surface area contributed by atoms with Gasteiger partial charge in [-0.25, -0.2) is 8.78 Å². The van der Waals surface area contributed by atoms with Gasteiger partial charge in [0.05, 0.1) is 23.7 Å². The molecule has 1 aromatic heterocycles. The summed E-state index contributed by atoms with van der Waals surface area (Å²) in [5.41, 5.74) is 2.17. The Morgan fingerprint density at radius 1 is 0.912 bits per heavy atom. The summed E-state index contributed by atoms with van der Waals surface area (Å²) in [4.78, 5) is 12.4. The molecule has 4 aromatic rings. The van der Waals surface area contributed by atoms with Crippen LogP contribution in [0.25, 0.3) is 5.69 Å². The molecule has 3 aromatic carbocycles. The van der Waals surface area contributed by atoms with Crippen LogP contribution in [0.3, 0.4) is 0 Å². The van der Waals surface area contributed by atoms with Crippen molar-refractivity contribution in [1.29, 1.82) is 0 Å². The lowest BCUT2D eigenvalue weighted by atomic mass is 10.1. The maximum Gasteiger partial charge on any atom is 0.224 e. The van der Waals surface area contributed by atoms with E-state index in [1.54, 1.807) is 47.0 Å². The fourth-order valence-electron chi connectivity index (χ4n) is 3.16. The maximum absolute atomic E-state index is 13.2. The third-order valence-corrected chi connectivity index (χ3v) is 6.41. The zero-order valence-corrected chi connectivity index (χ0v) is 20.0. The van der Waals surface area contributed by atoms with Crippen LogP contribution in [0.2, 0.25) is 10.0 Å². The van der Waals surface area contributed by atoms with E-state index in [9.17, 15) is 13.6 Å². The molecule has 1 amide bonds. The number of nitrogens with one attached hydrogen (secondary N) is 1. The molecule has 0 radical (unpaired) electrons. The van der Waals surface area contributed by atoms with Crippen LogP contribution >= 0.6 is 35.0 Å². The van der Waals surface area contributed by atoms with Crippen molar-refractivity contribution in [3.8, 4) is 5.69 Å². The lowest BCUT2D eigenvalue weighted by Gasteiger charge is -2.13. The summed E-state index contributed by atoms with van der Waals surface area (Å²) in [6.45, 7) is 0.0903. The van der Waals surface area contributed by atoms with E-state index in [1.807, 2.05) is 0 Å². The van der Waals surface area contributed by atoms with Crippen LogP contribution in [0.15, 0.2) is 71.9 Å². The summed E-state index contributed by atoms with van der Waals surface area (Å²) >= 11 is 14.0. The van der Waals surface area contributed by atoms with E-state index in [2.05, 4.69) is 15.5 Å². The maximum atomic E-state index is 13.2. The molecule has 1 N–H and O–H groups in total. The number of carbonyl (C=O) groups excluding carboxylic acids is 1. The smallest absolute Gasteiger partial charge is 0.224 e. The Kier molecular flexibility index (Phi) is 7.82. The third kappa shape index (κ3) is 6.14. The van der Waals surface area contributed by atoms with E-state index in [1.165, 1.54) is 36.0 Å². The Morgan fingerprint density at radius 2 is 1.56 bits per heavy atom. The van der Waals surface area contributed by atoms with Crippen LogP contribution in [-0.4, -0.2) is 20.7 Å². The zero-order chi connectivity index (χ0) is 24.1. The van der Waals surface area contributed by atoms with E-state index < -0.39 is 0 Å². The van der Waals surface area contributed by atoms with Crippen LogP contribution in [0.4, 0.5) is 8.78 Å². The number of rotatable bonds is 8. The molecule has 5 nitrogen and oxygen atoms in total. The molecule has 1 heterocycles. The van der Waals surface area contributed by atoms with Crippen LogP contribution in [0, 0.1) is 11.6 Å². The van der Waals surface area contributed by atoms with Crippen molar-refractivity contribution < 1.29 is 13.6 Å². The summed E-state index contributed by atoms with van der Waals surface area (Å²) in [7, 11) is 0. The zero-order valence-electron chi connectivity index (χ0n) is 17.6. The number of hydrogen-bond donors (Lipinski definition) is 1. The predicted molar refractivity (Wildman–Crippen MR) is 129 cm³/mol. The van der Waals surface area contributed by atoms with Crippen LogP contribution < -0.4 is 5.32 Å². The molecule has 34 heavy (non-hydrogen) atoms. The second kappa shape index (κ2) is 11.0. The number of aromatic nitrogens is 3. The van der Waals surface area contributed by atoms with Crippen molar-refractivity contribution in [3.05, 3.63) is 105 Å². The van der Waals surface area contributed by atoms with Gasteiger partial charge in [0.2, 0.25) is 5.91 Å². The molecule has 0 bridgehead atoms. The van der Waals surface area contributed by atoms with Crippen molar-refractivity contribution in [2.24, 2.45) is 0 Å². The van der Waals surface area contributed by atoms with Crippen molar-refractivity contribution in [2.45, 2.75) is 23.9 Å². The second-order valence-electron chi connectivity index (χ2n) is 7.33. The highest BCUT2D eigenvalue weighted by molar-refractivity contribution is 7.98. The molecule has 4 rings (SSSR count). The Balaban J connectivity index is 1.55. The van der Waals surface area contributed by atoms with Crippen molar-refractivity contribution in [3.63, 3.8) is 0 Å². The van der Waals surface area contributed by atoms with Crippen LogP contribution in [0.1, 0.15) is 17.0 Å². The Labute approximate surface area is 209 Å². The van der Waals surface area contributed by atoms with Gasteiger partial charge in [0.25, 0.3) is 0 Å². The number of benzene rings is 3. The number of carbonyl (C=O) groups is 1. The lowest BCUT2D eigenvalue weighted by molar-refractivity contribution is -0.120. The fourth-order valence-corrected chi connectivity index (χ4v) is 4.45. The van der Waals surface area contributed by atoms with Crippen LogP contribution in [-0.2, 0) is 23.5 Å². The summed E-state index contributed by atoms with van der Waals surface area (Å²) < 4.78 is 28.0. The highest BCUT2D eigenvalue weighted by Crippen LogP contribution is 2.31. The minimum Gasteiger partial charge on any atom is -0.348 e. The average Bonchev–Trinajstić information content (AvgIpc) is 3.23. The first-order valence-electron chi connectivity index (χ1n) is 10.2. The van der Waals surface area contributed by atoms with Gasteiger partial charge in [-0.15, -0.1) is 10.2 Å². The molecule has 0 fully saturated rings. The standard InChI is InChI=1S/C24H18Cl2F2N4OS/c25-17-5-10-20(26)21(12-17)32-22(13-29-23(33)11-15-1-6-18(27)7-2-15)30-31-24(32)34-14-16-3-8-19(28)9-4-16/h1-10,12H,11,13-14H2,(H,29,33). The van der Waals surface area contributed by atoms with Crippen LogP contribution in [0.5, 0.6) is 0 Å². The van der Waals surface area contributed by atoms with Gasteiger partial charge in [0.1, 0.15) is 11.6 Å². The number of thioether (sulfide) groups is 1. The van der Waals surface area contributed by atoms with Gasteiger partial charge in [0, 0.05) is 10.8 Å². The minimum absolute atomic E-state index is 0.0903. The van der Waals surface area contributed by atoms with E-state index in [0.717, 1.165) is 5.56 Å². The quantitative estimate of drug-likeness (QED) is 0.290. The van der Waals surface area contributed by atoms with Gasteiger partial charge >= 0.3 is 0 Å². The van der Waals surface area contributed by atoms with E-state index in [4.69, 9.17) is 23.2 Å². The molecule has 0 atom stereocenters. The Morgan fingerprint density at radius 3 is 2.24 bits per heavy atom. The van der Waals surface area contributed by atoms with Crippen molar-refractivity contribution in [2.75, 3.05) is 0 Å². The molecule has 0 spiro atoms. The second-order valence-corrected chi connectivity index (χ2v) is 9.11. The lowest BCUT2D eigenvalue weighted by Crippen LogP contribution is -2.26.